The van der Waals surface area contributed by atoms with Crippen molar-refractivity contribution in [3.8, 4) is 11.5 Å². The first-order valence-electron chi connectivity index (χ1n) is 5.38. The Kier molecular flexibility index (Phi) is 3.93. The summed E-state index contributed by atoms with van der Waals surface area (Å²) in [7, 11) is 5.31. The van der Waals surface area contributed by atoms with Gasteiger partial charge in [0.1, 0.15) is 11.5 Å². The minimum Gasteiger partial charge on any atom is -0.378 e. The van der Waals surface area contributed by atoms with Crippen molar-refractivity contribution >= 4 is 21.7 Å². The standard InChI is InChI=1S/C11H14BrN5O/c1-13-11-9(12)7(6-18-3)15-10(16-11)8-4-5-14-17(8)2/h4-5H,6H2,1-3H3,(H,13,15,16). The van der Waals surface area contributed by atoms with Crippen LogP contribution in [0.4, 0.5) is 5.82 Å². The lowest BCUT2D eigenvalue weighted by Gasteiger charge is -2.10. The maximum Gasteiger partial charge on any atom is 0.180 e. The van der Waals surface area contributed by atoms with Gasteiger partial charge in [0.2, 0.25) is 0 Å². The van der Waals surface area contributed by atoms with E-state index in [0.29, 0.717) is 12.4 Å². The number of methoxy groups -OCH3 is 1. The summed E-state index contributed by atoms with van der Waals surface area (Å²) in [5, 5.41) is 7.15. The molecule has 7 heteroatoms. The molecule has 0 aromatic carbocycles. The van der Waals surface area contributed by atoms with E-state index in [4.69, 9.17) is 4.74 Å². The topological polar surface area (TPSA) is 64.9 Å². The smallest absolute Gasteiger partial charge is 0.180 e. The minimum atomic E-state index is 0.419. The molecule has 6 nitrogen and oxygen atoms in total. The van der Waals surface area contributed by atoms with Gasteiger partial charge in [0.25, 0.3) is 0 Å². The van der Waals surface area contributed by atoms with Crippen LogP contribution in [0.1, 0.15) is 5.69 Å². The van der Waals surface area contributed by atoms with Crippen molar-refractivity contribution in [1.82, 2.24) is 19.7 Å². The minimum absolute atomic E-state index is 0.419. The third-order valence-corrected chi connectivity index (χ3v) is 3.32. The molecule has 2 aromatic rings. The van der Waals surface area contributed by atoms with Crippen LogP contribution in [0.2, 0.25) is 0 Å². The van der Waals surface area contributed by atoms with Crippen LogP contribution in [0.3, 0.4) is 0 Å². The number of hydrogen-bond donors (Lipinski definition) is 1. The Labute approximate surface area is 114 Å². The molecule has 0 amide bonds. The number of aryl methyl sites for hydroxylation is 1. The molecule has 0 saturated heterocycles. The van der Waals surface area contributed by atoms with Gasteiger partial charge in [0.15, 0.2) is 5.82 Å². The lowest BCUT2D eigenvalue weighted by molar-refractivity contribution is 0.181. The Bertz CT molecular complexity index is 554. The van der Waals surface area contributed by atoms with Crippen molar-refractivity contribution in [2.75, 3.05) is 19.5 Å². The molecule has 1 N–H and O–H groups in total. The third-order valence-electron chi connectivity index (χ3n) is 2.49. The van der Waals surface area contributed by atoms with Gasteiger partial charge in [-0.1, -0.05) is 0 Å². The van der Waals surface area contributed by atoms with E-state index in [9.17, 15) is 0 Å². The zero-order valence-corrected chi connectivity index (χ0v) is 12.0. The number of rotatable bonds is 4. The van der Waals surface area contributed by atoms with Crippen LogP contribution >= 0.6 is 15.9 Å². The van der Waals surface area contributed by atoms with Gasteiger partial charge in [-0.2, -0.15) is 5.10 Å². The Morgan fingerprint density at radius 2 is 2.22 bits per heavy atom. The molecule has 0 aliphatic heterocycles. The van der Waals surface area contributed by atoms with E-state index in [0.717, 1.165) is 21.7 Å². The molecule has 0 atom stereocenters. The van der Waals surface area contributed by atoms with E-state index in [1.165, 1.54) is 0 Å². The van der Waals surface area contributed by atoms with E-state index in [1.807, 2.05) is 20.2 Å². The van der Waals surface area contributed by atoms with Gasteiger partial charge in [-0.05, 0) is 22.0 Å². The number of aromatic nitrogens is 4. The molecule has 0 fully saturated rings. The zero-order valence-electron chi connectivity index (χ0n) is 10.4. The van der Waals surface area contributed by atoms with Gasteiger partial charge < -0.3 is 10.1 Å². The molecule has 2 heterocycles. The molecule has 0 radical (unpaired) electrons. The second kappa shape index (κ2) is 5.45. The Hall–Kier alpha value is -1.47. The van der Waals surface area contributed by atoms with Crippen LogP contribution in [-0.4, -0.2) is 33.9 Å². The predicted molar refractivity (Wildman–Crippen MR) is 72.2 cm³/mol. The molecular formula is C11H14BrN5O. The molecular weight excluding hydrogens is 298 g/mol. The fraction of sp³-hybridized carbons (Fsp3) is 0.364. The summed E-state index contributed by atoms with van der Waals surface area (Å²) < 4.78 is 7.69. The predicted octanol–water partition coefficient (Wildman–Crippen LogP) is 1.83. The SMILES string of the molecule is CNc1nc(-c2ccnn2C)nc(COC)c1Br. The molecule has 0 aliphatic rings. The summed E-state index contributed by atoms with van der Waals surface area (Å²) in [6.07, 6.45) is 1.72. The molecule has 0 aliphatic carbocycles. The first kappa shape index (κ1) is 13.0. The van der Waals surface area contributed by atoms with Gasteiger partial charge >= 0.3 is 0 Å². The van der Waals surface area contributed by atoms with Gasteiger partial charge in [0.05, 0.1) is 16.8 Å². The van der Waals surface area contributed by atoms with Gasteiger partial charge in [-0.25, -0.2) is 9.97 Å². The average Bonchev–Trinajstić information content (AvgIpc) is 2.78. The molecule has 2 aromatic heterocycles. The van der Waals surface area contributed by atoms with Gasteiger partial charge in [0, 0.05) is 27.4 Å². The molecule has 0 saturated carbocycles. The van der Waals surface area contributed by atoms with Crippen molar-refractivity contribution in [1.29, 1.82) is 0 Å². The second-order valence-corrected chi connectivity index (χ2v) is 4.47. The van der Waals surface area contributed by atoms with Crippen LogP contribution in [0.15, 0.2) is 16.7 Å². The van der Waals surface area contributed by atoms with Crippen LogP contribution in [0.25, 0.3) is 11.5 Å². The molecule has 0 unspecified atom stereocenters. The van der Waals surface area contributed by atoms with Gasteiger partial charge in [-0.3, -0.25) is 4.68 Å². The fourth-order valence-electron chi connectivity index (χ4n) is 1.60. The molecule has 0 bridgehead atoms. The van der Waals surface area contributed by atoms with Crippen molar-refractivity contribution in [2.24, 2.45) is 7.05 Å². The highest BCUT2D eigenvalue weighted by Crippen LogP contribution is 2.27. The molecule has 96 valence electrons. The van der Waals surface area contributed by atoms with Crippen molar-refractivity contribution in [2.45, 2.75) is 6.61 Å². The fourth-order valence-corrected chi connectivity index (χ4v) is 2.09. The quantitative estimate of drug-likeness (QED) is 0.933. The Balaban J connectivity index is 2.55. The van der Waals surface area contributed by atoms with E-state index >= 15 is 0 Å². The van der Waals surface area contributed by atoms with Crippen LogP contribution in [-0.2, 0) is 18.4 Å². The summed E-state index contributed by atoms with van der Waals surface area (Å²) in [6, 6.07) is 1.87. The summed E-state index contributed by atoms with van der Waals surface area (Å²) >= 11 is 3.47. The first-order chi connectivity index (χ1) is 8.67. The maximum absolute atomic E-state index is 5.14. The summed E-state index contributed by atoms with van der Waals surface area (Å²) in [5.74, 6) is 1.35. The molecule has 0 spiro atoms. The van der Waals surface area contributed by atoms with Crippen molar-refractivity contribution in [3.05, 3.63) is 22.4 Å². The van der Waals surface area contributed by atoms with Crippen molar-refractivity contribution < 1.29 is 4.74 Å². The highest BCUT2D eigenvalue weighted by molar-refractivity contribution is 9.10. The maximum atomic E-state index is 5.14. The number of anilines is 1. The highest BCUT2D eigenvalue weighted by atomic mass is 79.9. The summed E-state index contributed by atoms with van der Waals surface area (Å²) in [6.45, 7) is 0.419. The normalized spacial score (nSPS) is 10.7. The number of halogens is 1. The number of nitrogens with zero attached hydrogens (tertiary/aromatic N) is 4. The Morgan fingerprint density at radius 1 is 1.44 bits per heavy atom. The zero-order chi connectivity index (χ0) is 13.1. The third kappa shape index (κ3) is 2.37. The number of nitrogens with one attached hydrogen (secondary N) is 1. The van der Waals surface area contributed by atoms with E-state index in [1.54, 1.807) is 18.0 Å². The Morgan fingerprint density at radius 3 is 2.78 bits per heavy atom. The average molecular weight is 312 g/mol. The van der Waals surface area contributed by atoms with Crippen molar-refractivity contribution in [3.63, 3.8) is 0 Å². The molecule has 2 rings (SSSR count). The second-order valence-electron chi connectivity index (χ2n) is 3.68. The highest BCUT2D eigenvalue weighted by Gasteiger charge is 2.14. The monoisotopic (exact) mass is 311 g/mol. The van der Waals surface area contributed by atoms with E-state index < -0.39 is 0 Å². The number of hydrogen-bond acceptors (Lipinski definition) is 5. The lowest BCUT2D eigenvalue weighted by atomic mass is 10.3. The van der Waals surface area contributed by atoms with Crippen LogP contribution < -0.4 is 5.32 Å². The van der Waals surface area contributed by atoms with E-state index in [-0.39, 0.29) is 0 Å². The first-order valence-corrected chi connectivity index (χ1v) is 6.18. The largest absolute Gasteiger partial charge is 0.378 e. The van der Waals surface area contributed by atoms with Crippen LogP contribution in [0, 0.1) is 0 Å². The number of ether oxygens (including phenoxy) is 1. The van der Waals surface area contributed by atoms with Gasteiger partial charge in [-0.15, -0.1) is 0 Å². The molecule has 18 heavy (non-hydrogen) atoms. The summed E-state index contributed by atoms with van der Waals surface area (Å²) in [4.78, 5) is 8.94. The van der Waals surface area contributed by atoms with E-state index in [2.05, 4.69) is 36.3 Å². The van der Waals surface area contributed by atoms with Crippen LogP contribution in [0.5, 0.6) is 0 Å². The lowest BCUT2D eigenvalue weighted by Crippen LogP contribution is -2.06. The summed E-state index contributed by atoms with van der Waals surface area (Å²) in [5.41, 5.74) is 1.66.